The molecule has 0 saturated heterocycles. The summed E-state index contributed by atoms with van der Waals surface area (Å²) in [4.78, 5) is 0. The highest BCUT2D eigenvalue weighted by Gasteiger charge is 2.25. The Morgan fingerprint density at radius 1 is 0.302 bits per heavy atom. The highest BCUT2D eigenvalue weighted by molar-refractivity contribution is 9.10. The van der Waals surface area contributed by atoms with E-state index in [0.717, 1.165) is 4.47 Å². The van der Waals surface area contributed by atoms with Crippen LogP contribution in [0.2, 0.25) is 0 Å². The smallest absolute Gasteiger partial charge is 0.0254 e. The van der Waals surface area contributed by atoms with Gasteiger partial charge in [0.2, 0.25) is 0 Å². The van der Waals surface area contributed by atoms with Crippen LogP contribution in [0.25, 0.3) is 97.7 Å². The quantitative estimate of drug-likeness (QED) is 0.183. The Bertz CT molecular complexity index is 2560. The first kappa shape index (κ1) is 23.6. The van der Waals surface area contributed by atoms with Gasteiger partial charge in [0.25, 0.3) is 0 Å². The summed E-state index contributed by atoms with van der Waals surface area (Å²) in [6, 6.07) is 51.8. The van der Waals surface area contributed by atoms with Crippen LogP contribution in [0.15, 0.2) is 144 Å². The Kier molecular flexibility index (Phi) is 4.68. The molecular formula is C42H23Br. The van der Waals surface area contributed by atoms with Crippen LogP contribution >= 0.6 is 15.9 Å². The van der Waals surface area contributed by atoms with Crippen LogP contribution in [0.1, 0.15) is 0 Å². The molecule has 1 heteroatoms. The second-order valence-electron chi connectivity index (χ2n) is 11.7. The molecule has 0 unspecified atom stereocenters. The summed E-state index contributed by atoms with van der Waals surface area (Å²) >= 11 is 3.87. The fourth-order valence-electron chi connectivity index (χ4n) is 7.90. The van der Waals surface area contributed by atoms with Crippen molar-refractivity contribution in [2.75, 3.05) is 0 Å². The predicted octanol–water partition coefficient (Wildman–Crippen LogP) is 12.7. The summed E-state index contributed by atoms with van der Waals surface area (Å²) in [6.45, 7) is 0. The maximum atomic E-state index is 3.87. The molecule has 43 heavy (non-hydrogen) atoms. The van der Waals surface area contributed by atoms with E-state index in [2.05, 4.69) is 155 Å². The molecule has 0 aliphatic rings. The fraction of sp³-hybridized carbons (Fsp3) is 0. The van der Waals surface area contributed by atoms with Gasteiger partial charge < -0.3 is 0 Å². The summed E-state index contributed by atoms with van der Waals surface area (Å²) in [5, 5.41) is 18.5. The predicted molar refractivity (Wildman–Crippen MR) is 190 cm³/mol. The first-order valence-corrected chi connectivity index (χ1v) is 15.6. The maximum absolute atomic E-state index is 3.87. The highest BCUT2D eigenvalue weighted by atomic mass is 79.9. The van der Waals surface area contributed by atoms with Gasteiger partial charge in [-0.05, 0) is 116 Å². The summed E-state index contributed by atoms with van der Waals surface area (Å²) in [5.74, 6) is 0. The van der Waals surface area contributed by atoms with E-state index in [1.54, 1.807) is 0 Å². The largest absolute Gasteiger partial charge is 0.0622 e. The van der Waals surface area contributed by atoms with Crippen molar-refractivity contribution >= 4 is 91.3 Å². The molecule has 0 aliphatic heterocycles. The van der Waals surface area contributed by atoms with Gasteiger partial charge in [-0.3, -0.25) is 0 Å². The zero-order valence-corrected chi connectivity index (χ0v) is 24.7. The Hall–Kier alpha value is -4.98. The molecule has 0 amide bonds. The molecule has 0 fully saturated rings. The monoisotopic (exact) mass is 606 g/mol. The average Bonchev–Trinajstić information content (AvgIpc) is 3.56. The summed E-state index contributed by atoms with van der Waals surface area (Å²) in [5.41, 5.74) is 5.13. The van der Waals surface area contributed by atoms with E-state index in [1.165, 1.54) is 97.7 Å². The third-order valence-electron chi connectivity index (χ3n) is 9.58. The normalized spacial score (nSPS) is 12.3. The van der Waals surface area contributed by atoms with E-state index in [0.29, 0.717) is 0 Å². The summed E-state index contributed by atoms with van der Waals surface area (Å²) in [6.07, 6.45) is 0. The van der Waals surface area contributed by atoms with E-state index >= 15 is 0 Å². The Labute approximate surface area is 256 Å². The van der Waals surface area contributed by atoms with Gasteiger partial charge in [-0.25, -0.2) is 0 Å². The van der Waals surface area contributed by atoms with E-state index in [1.807, 2.05) is 0 Å². The number of hydrogen-bond acceptors (Lipinski definition) is 0. The van der Waals surface area contributed by atoms with Crippen LogP contribution in [0.5, 0.6) is 0 Å². The standard InChI is InChI=1S/C42H23Br/c43-36-21-20-31-40-29(36)18-9-19-30(40)41-38(25-10-3-1-4-11-25)34-22-32-27-16-7-14-24-15-8-17-28(37(24)27)33(32)23-35(34)39(42(31)41)26-12-5-2-6-13-26/h1-23H. The minimum atomic E-state index is 1.14. The van der Waals surface area contributed by atoms with Gasteiger partial charge in [0.15, 0.2) is 0 Å². The van der Waals surface area contributed by atoms with Crippen molar-refractivity contribution in [1.82, 2.24) is 0 Å². The number of hydrogen-bond donors (Lipinski definition) is 0. The second kappa shape index (κ2) is 8.53. The van der Waals surface area contributed by atoms with E-state index in [4.69, 9.17) is 0 Å². The minimum Gasteiger partial charge on any atom is -0.0622 e. The van der Waals surface area contributed by atoms with E-state index in [-0.39, 0.29) is 0 Å². The first-order chi connectivity index (χ1) is 21.3. The lowest BCUT2D eigenvalue weighted by atomic mass is 9.85. The lowest BCUT2D eigenvalue weighted by Crippen LogP contribution is -1.89. The van der Waals surface area contributed by atoms with Gasteiger partial charge >= 0.3 is 0 Å². The Morgan fingerprint density at radius 3 is 1.37 bits per heavy atom. The van der Waals surface area contributed by atoms with Crippen molar-refractivity contribution in [3.63, 3.8) is 0 Å². The van der Waals surface area contributed by atoms with Gasteiger partial charge in [-0.2, -0.15) is 0 Å². The zero-order valence-electron chi connectivity index (χ0n) is 23.2. The lowest BCUT2D eigenvalue weighted by molar-refractivity contribution is 1.68. The number of halogens is 1. The second-order valence-corrected chi connectivity index (χ2v) is 12.6. The summed E-state index contributed by atoms with van der Waals surface area (Å²) in [7, 11) is 0. The fourth-order valence-corrected chi connectivity index (χ4v) is 8.37. The van der Waals surface area contributed by atoms with Crippen LogP contribution in [-0.2, 0) is 0 Å². The van der Waals surface area contributed by atoms with Crippen LogP contribution in [-0.4, -0.2) is 0 Å². The summed E-state index contributed by atoms with van der Waals surface area (Å²) < 4.78 is 1.14. The topological polar surface area (TPSA) is 0 Å². The van der Waals surface area contributed by atoms with Crippen molar-refractivity contribution in [2.45, 2.75) is 0 Å². The molecule has 0 radical (unpaired) electrons. The highest BCUT2D eigenvalue weighted by Crippen LogP contribution is 2.53. The minimum absolute atomic E-state index is 1.14. The Balaban J connectivity index is 1.57. The molecule has 198 valence electrons. The molecule has 0 spiro atoms. The zero-order chi connectivity index (χ0) is 28.2. The van der Waals surface area contributed by atoms with Gasteiger partial charge in [0, 0.05) is 4.47 Å². The van der Waals surface area contributed by atoms with E-state index < -0.39 is 0 Å². The first-order valence-electron chi connectivity index (χ1n) is 14.8. The molecule has 0 saturated carbocycles. The van der Waals surface area contributed by atoms with Crippen LogP contribution < -0.4 is 0 Å². The number of rotatable bonds is 2. The maximum Gasteiger partial charge on any atom is 0.0254 e. The Morgan fingerprint density at radius 2 is 0.791 bits per heavy atom. The number of fused-ring (bicyclic) bond motifs is 7. The molecule has 0 nitrogen and oxygen atoms in total. The van der Waals surface area contributed by atoms with Gasteiger partial charge in [0.1, 0.15) is 0 Å². The average molecular weight is 608 g/mol. The molecule has 0 aromatic heterocycles. The van der Waals surface area contributed by atoms with Crippen molar-refractivity contribution in [3.05, 3.63) is 144 Å². The molecular weight excluding hydrogens is 584 g/mol. The molecule has 0 N–H and O–H groups in total. The SMILES string of the molecule is Brc1ccc2c3c(-c4ccccc4)c4cc5c(cc4c(-c4ccccc4)c3c3cccc1c32)c1cccc2cccc5c21. The van der Waals surface area contributed by atoms with Crippen LogP contribution in [0.4, 0.5) is 0 Å². The molecule has 0 bridgehead atoms. The molecule has 0 heterocycles. The molecule has 10 aromatic rings. The van der Waals surface area contributed by atoms with Crippen molar-refractivity contribution in [2.24, 2.45) is 0 Å². The van der Waals surface area contributed by atoms with Crippen molar-refractivity contribution < 1.29 is 0 Å². The van der Waals surface area contributed by atoms with Gasteiger partial charge in [-0.1, -0.05) is 137 Å². The molecule has 0 atom stereocenters. The van der Waals surface area contributed by atoms with Crippen LogP contribution in [0.3, 0.4) is 0 Å². The third-order valence-corrected chi connectivity index (χ3v) is 10.3. The van der Waals surface area contributed by atoms with Gasteiger partial charge in [0.05, 0.1) is 0 Å². The third kappa shape index (κ3) is 3.05. The van der Waals surface area contributed by atoms with Crippen molar-refractivity contribution in [1.29, 1.82) is 0 Å². The van der Waals surface area contributed by atoms with E-state index in [9.17, 15) is 0 Å². The van der Waals surface area contributed by atoms with Gasteiger partial charge in [-0.15, -0.1) is 0 Å². The molecule has 10 aromatic carbocycles. The number of benzene rings is 8. The molecule has 0 aliphatic carbocycles. The lowest BCUT2D eigenvalue weighted by Gasteiger charge is -2.17. The molecule has 10 rings (SSSR count). The van der Waals surface area contributed by atoms with Crippen molar-refractivity contribution in [3.8, 4) is 22.3 Å². The van der Waals surface area contributed by atoms with Crippen LogP contribution in [0, 0.1) is 0 Å².